The van der Waals surface area contributed by atoms with Crippen molar-refractivity contribution in [1.82, 2.24) is 24.6 Å². The van der Waals surface area contributed by atoms with E-state index < -0.39 is 0 Å². The number of aromatic nitrogens is 5. The number of nitrogens with one attached hydrogen (secondary N) is 2. The maximum absolute atomic E-state index is 5.93. The number of aromatic amines is 1. The van der Waals surface area contributed by atoms with Crippen LogP contribution in [0.3, 0.4) is 0 Å². The van der Waals surface area contributed by atoms with Crippen molar-refractivity contribution in [1.29, 1.82) is 0 Å². The number of rotatable bonds is 5. The van der Waals surface area contributed by atoms with Crippen LogP contribution in [0.1, 0.15) is 17.0 Å². The molecule has 0 spiro atoms. The third-order valence-corrected chi connectivity index (χ3v) is 4.01. The summed E-state index contributed by atoms with van der Waals surface area (Å²) in [5.74, 6) is 2.47. The van der Waals surface area contributed by atoms with E-state index in [1.54, 1.807) is 13.2 Å². The molecule has 4 N–H and O–H groups in total. The summed E-state index contributed by atoms with van der Waals surface area (Å²) in [4.78, 5) is 9.03. The monoisotopic (exact) mass is 349 g/mol. The summed E-state index contributed by atoms with van der Waals surface area (Å²) in [7, 11) is 1.66. The van der Waals surface area contributed by atoms with E-state index in [0.717, 1.165) is 28.3 Å². The van der Waals surface area contributed by atoms with Gasteiger partial charge in [-0.3, -0.25) is 9.50 Å². The molecule has 3 heterocycles. The smallest absolute Gasteiger partial charge is 0.216 e. The number of hydrogen-bond donors (Lipinski definition) is 3. The number of nitrogens with zero attached hydrogens (tertiary/aromatic N) is 4. The highest BCUT2D eigenvalue weighted by atomic mass is 16.5. The first-order valence-corrected chi connectivity index (χ1v) is 8.17. The molecule has 0 atom stereocenters. The molecule has 0 aliphatic heterocycles. The molecule has 0 unspecified atom stereocenters. The van der Waals surface area contributed by atoms with Gasteiger partial charge in [-0.15, -0.1) is 0 Å². The quantitative estimate of drug-likeness (QED) is 0.511. The van der Waals surface area contributed by atoms with E-state index in [2.05, 4.69) is 25.5 Å². The molecule has 4 rings (SSSR count). The second-order valence-electron chi connectivity index (χ2n) is 6.05. The van der Waals surface area contributed by atoms with Gasteiger partial charge in [-0.1, -0.05) is 12.1 Å². The fourth-order valence-corrected chi connectivity index (χ4v) is 2.78. The molecule has 0 fully saturated rings. The summed E-state index contributed by atoms with van der Waals surface area (Å²) >= 11 is 0. The zero-order valence-electron chi connectivity index (χ0n) is 14.5. The number of fused-ring (bicyclic) bond motifs is 1. The molecule has 0 aliphatic rings. The third-order valence-electron chi connectivity index (χ3n) is 4.01. The van der Waals surface area contributed by atoms with Gasteiger partial charge in [0.1, 0.15) is 17.2 Å². The summed E-state index contributed by atoms with van der Waals surface area (Å²) in [6, 6.07) is 11.6. The number of aryl methyl sites for hydroxylation is 1. The molecule has 26 heavy (non-hydrogen) atoms. The minimum absolute atomic E-state index is 0.397. The topological polar surface area (TPSA) is 106 Å². The Kier molecular flexibility index (Phi) is 3.92. The van der Waals surface area contributed by atoms with Gasteiger partial charge in [0, 0.05) is 30.4 Å². The van der Waals surface area contributed by atoms with E-state index in [-0.39, 0.29) is 0 Å². The van der Waals surface area contributed by atoms with Crippen molar-refractivity contribution >= 4 is 23.2 Å². The van der Waals surface area contributed by atoms with Crippen LogP contribution in [0.15, 0.2) is 42.6 Å². The molecule has 0 amide bonds. The van der Waals surface area contributed by atoms with E-state index in [0.29, 0.717) is 24.0 Å². The van der Waals surface area contributed by atoms with E-state index in [1.165, 1.54) is 0 Å². The van der Waals surface area contributed by atoms with Gasteiger partial charge in [0.15, 0.2) is 5.82 Å². The summed E-state index contributed by atoms with van der Waals surface area (Å²) < 4.78 is 7.07. The number of hydrogen-bond acceptors (Lipinski definition) is 6. The summed E-state index contributed by atoms with van der Waals surface area (Å²) in [5.41, 5.74) is 9.69. The van der Waals surface area contributed by atoms with Crippen LogP contribution in [-0.2, 0) is 6.42 Å². The van der Waals surface area contributed by atoms with Gasteiger partial charge in [-0.25, -0.2) is 4.98 Å². The highest BCUT2D eigenvalue weighted by molar-refractivity contribution is 5.59. The average Bonchev–Trinajstić information content (AvgIpc) is 3.21. The van der Waals surface area contributed by atoms with Crippen LogP contribution in [-0.4, -0.2) is 31.7 Å². The van der Waals surface area contributed by atoms with Crippen LogP contribution in [0.25, 0.3) is 5.65 Å². The number of nitrogens with two attached hydrogens (primary N) is 1. The largest absolute Gasteiger partial charge is 0.497 e. The first-order chi connectivity index (χ1) is 12.6. The molecule has 0 bridgehead atoms. The maximum Gasteiger partial charge on any atom is 0.216 e. The Bertz CT molecular complexity index is 1050. The van der Waals surface area contributed by atoms with Crippen LogP contribution < -0.4 is 15.8 Å². The molecular formula is C18H19N7O. The van der Waals surface area contributed by atoms with Gasteiger partial charge in [-0.05, 0) is 24.6 Å². The second-order valence-corrected chi connectivity index (χ2v) is 6.05. The van der Waals surface area contributed by atoms with Crippen molar-refractivity contribution in [3.63, 3.8) is 0 Å². The van der Waals surface area contributed by atoms with Crippen LogP contribution >= 0.6 is 0 Å². The minimum Gasteiger partial charge on any atom is -0.497 e. The van der Waals surface area contributed by atoms with Gasteiger partial charge in [0.2, 0.25) is 5.95 Å². The molecule has 132 valence electrons. The standard InChI is InChI=1S/C18H19N7O/c1-11-7-16(24-23-11)22-18-21-15(19)9-17-20-13(10-25(17)18)8-12-3-5-14(26-2)6-4-12/h3-7,9-10H,8,19H2,1-2H3,(H2,21,22,23,24). The van der Waals surface area contributed by atoms with E-state index in [4.69, 9.17) is 10.5 Å². The van der Waals surface area contributed by atoms with Gasteiger partial charge < -0.3 is 15.8 Å². The minimum atomic E-state index is 0.397. The van der Waals surface area contributed by atoms with Gasteiger partial charge in [0.25, 0.3) is 0 Å². The Morgan fingerprint density at radius 1 is 1.19 bits per heavy atom. The number of anilines is 3. The van der Waals surface area contributed by atoms with Crippen molar-refractivity contribution < 1.29 is 4.74 Å². The van der Waals surface area contributed by atoms with Crippen molar-refractivity contribution in [3.8, 4) is 5.75 Å². The highest BCUT2D eigenvalue weighted by Gasteiger charge is 2.10. The highest BCUT2D eigenvalue weighted by Crippen LogP contribution is 2.20. The van der Waals surface area contributed by atoms with Gasteiger partial charge in [-0.2, -0.15) is 10.1 Å². The number of benzene rings is 1. The van der Waals surface area contributed by atoms with Crippen LogP contribution in [0.5, 0.6) is 5.75 Å². The molecule has 0 saturated carbocycles. The molecule has 1 aromatic carbocycles. The second kappa shape index (κ2) is 6.40. The van der Waals surface area contributed by atoms with Crippen LogP contribution in [0.2, 0.25) is 0 Å². The fraction of sp³-hybridized carbons (Fsp3) is 0.167. The predicted molar refractivity (Wildman–Crippen MR) is 99.8 cm³/mol. The molecule has 4 aromatic rings. The lowest BCUT2D eigenvalue weighted by Crippen LogP contribution is -2.03. The Balaban J connectivity index is 1.66. The Hall–Kier alpha value is -3.55. The lowest BCUT2D eigenvalue weighted by Gasteiger charge is -2.05. The number of H-pyrrole nitrogens is 1. The van der Waals surface area contributed by atoms with Gasteiger partial charge in [0.05, 0.1) is 12.8 Å². The first-order valence-electron chi connectivity index (χ1n) is 8.17. The third kappa shape index (κ3) is 3.16. The SMILES string of the molecule is COc1ccc(Cc2cn3c(Nc4cc(C)[nH]n4)nc(N)cc3n2)cc1. The van der Waals surface area contributed by atoms with E-state index in [1.807, 2.05) is 47.9 Å². The Morgan fingerprint density at radius 3 is 2.69 bits per heavy atom. The summed E-state index contributed by atoms with van der Waals surface area (Å²) in [5, 5.41) is 10.2. The molecule has 8 heteroatoms. The van der Waals surface area contributed by atoms with Gasteiger partial charge >= 0.3 is 0 Å². The number of methoxy groups -OCH3 is 1. The number of nitrogen functional groups attached to an aromatic ring is 1. The number of ether oxygens (including phenoxy) is 1. The molecular weight excluding hydrogens is 330 g/mol. The van der Waals surface area contributed by atoms with Crippen LogP contribution in [0, 0.1) is 6.92 Å². The molecule has 0 saturated heterocycles. The average molecular weight is 349 g/mol. The molecule has 0 radical (unpaired) electrons. The Morgan fingerprint density at radius 2 is 2.00 bits per heavy atom. The van der Waals surface area contributed by atoms with E-state index in [9.17, 15) is 0 Å². The predicted octanol–water partition coefficient (Wildman–Crippen LogP) is 2.69. The maximum atomic E-state index is 5.93. The van der Waals surface area contributed by atoms with Crippen molar-refractivity contribution in [2.45, 2.75) is 13.3 Å². The molecule has 0 aliphatic carbocycles. The lowest BCUT2D eigenvalue weighted by atomic mass is 10.1. The molecule has 3 aromatic heterocycles. The van der Waals surface area contributed by atoms with Crippen LogP contribution in [0.4, 0.5) is 17.6 Å². The van der Waals surface area contributed by atoms with Crippen molar-refractivity contribution in [2.24, 2.45) is 0 Å². The first kappa shape index (κ1) is 15.9. The lowest BCUT2D eigenvalue weighted by molar-refractivity contribution is 0.414. The summed E-state index contributed by atoms with van der Waals surface area (Å²) in [6.45, 7) is 1.94. The van der Waals surface area contributed by atoms with Crippen molar-refractivity contribution in [3.05, 3.63) is 59.5 Å². The zero-order valence-corrected chi connectivity index (χ0v) is 14.5. The number of imidazole rings is 1. The zero-order chi connectivity index (χ0) is 18.1. The van der Waals surface area contributed by atoms with E-state index >= 15 is 0 Å². The fourth-order valence-electron chi connectivity index (χ4n) is 2.78. The van der Waals surface area contributed by atoms with Crippen molar-refractivity contribution in [2.75, 3.05) is 18.2 Å². The summed E-state index contributed by atoms with van der Waals surface area (Å²) in [6.07, 6.45) is 2.65. The Labute approximate surface area is 150 Å². The molecule has 8 nitrogen and oxygen atoms in total. The normalized spacial score (nSPS) is 11.0.